The van der Waals surface area contributed by atoms with Crippen LogP contribution in [-0.2, 0) is 10.0 Å². The topological polar surface area (TPSA) is 133 Å². The van der Waals surface area contributed by atoms with Crippen molar-refractivity contribution < 1.29 is 18.0 Å². The number of nitrogens with zero attached hydrogens (tertiary/aromatic N) is 2. The van der Waals surface area contributed by atoms with E-state index < -0.39 is 15.8 Å². The molecule has 5 N–H and O–H groups in total. The summed E-state index contributed by atoms with van der Waals surface area (Å²) >= 11 is 0. The zero-order chi connectivity index (χ0) is 14.8. The largest absolute Gasteiger partial charge is 0.409 e. The molecule has 0 unspecified atom stereocenters. The number of hydrogen-bond donors (Lipinski definition) is 4. The third-order valence-electron chi connectivity index (χ3n) is 2.40. The molecule has 10 heteroatoms. The molecule has 0 aliphatic carbocycles. The van der Waals surface area contributed by atoms with Gasteiger partial charge in [0.1, 0.15) is 10.7 Å². The highest BCUT2D eigenvalue weighted by molar-refractivity contribution is 7.92. The lowest BCUT2D eigenvalue weighted by molar-refractivity contribution is 0.318. The van der Waals surface area contributed by atoms with E-state index in [1.807, 2.05) is 0 Å². The van der Waals surface area contributed by atoms with E-state index in [2.05, 4.69) is 20.1 Å². The van der Waals surface area contributed by atoms with Crippen LogP contribution in [-0.4, -0.2) is 29.7 Å². The summed E-state index contributed by atoms with van der Waals surface area (Å²) in [7, 11) is -3.93. The van der Waals surface area contributed by atoms with Crippen LogP contribution in [0.5, 0.6) is 0 Å². The summed E-state index contributed by atoms with van der Waals surface area (Å²) in [5.41, 5.74) is 5.16. The molecule has 1 aromatic heterocycles. The van der Waals surface area contributed by atoms with Gasteiger partial charge in [-0.05, 0) is 18.2 Å². The number of sulfonamides is 1. The van der Waals surface area contributed by atoms with E-state index in [0.29, 0.717) is 0 Å². The van der Waals surface area contributed by atoms with E-state index in [4.69, 9.17) is 10.9 Å². The number of halogens is 1. The monoisotopic (exact) mass is 299 g/mol. The number of rotatable bonds is 4. The molecule has 0 atom stereocenters. The van der Waals surface area contributed by atoms with Crippen molar-refractivity contribution in [2.24, 2.45) is 10.9 Å². The second-order valence-corrected chi connectivity index (χ2v) is 5.40. The molecule has 20 heavy (non-hydrogen) atoms. The number of amidine groups is 1. The number of H-pyrrole nitrogens is 1. The van der Waals surface area contributed by atoms with E-state index in [-0.39, 0.29) is 22.0 Å². The van der Waals surface area contributed by atoms with E-state index in [0.717, 1.165) is 18.5 Å². The molecule has 0 spiro atoms. The Labute approximate surface area is 113 Å². The Bertz CT molecular complexity index is 742. The van der Waals surface area contributed by atoms with Crippen molar-refractivity contribution in [2.45, 2.75) is 4.90 Å². The summed E-state index contributed by atoms with van der Waals surface area (Å²) in [6, 6.07) is 3.42. The van der Waals surface area contributed by atoms with Crippen molar-refractivity contribution in [3.63, 3.8) is 0 Å². The lowest BCUT2D eigenvalue weighted by atomic mass is 10.2. The molecular weight excluding hydrogens is 289 g/mol. The van der Waals surface area contributed by atoms with Crippen molar-refractivity contribution in [3.05, 3.63) is 42.0 Å². The molecule has 2 aromatic rings. The molecule has 2 rings (SSSR count). The maximum atomic E-state index is 13.8. The molecule has 0 aliphatic heterocycles. The van der Waals surface area contributed by atoms with Gasteiger partial charge in [-0.15, -0.1) is 0 Å². The molecule has 0 saturated carbocycles. The zero-order valence-electron chi connectivity index (χ0n) is 9.91. The molecular formula is C10H10FN5O3S. The Hall–Kier alpha value is -2.62. The number of aromatic nitrogens is 2. The van der Waals surface area contributed by atoms with E-state index in [1.165, 1.54) is 12.1 Å². The molecule has 0 fully saturated rings. The third kappa shape index (κ3) is 2.69. The SMILES string of the molecule is N/C(=N/O)c1ccc(NS(=O)(=O)c2cn[nH]c2)c(F)c1. The minimum Gasteiger partial charge on any atom is -0.409 e. The van der Waals surface area contributed by atoms with Gasteiger partial charge in [0, 0.05) is 11.8 Å². The van der Waals surface area contributed by atoms with Gasteiger partial charge in [0.2, 0.25) is 0 Å². The Kier molecular flexibility index (Phi) is 3.57. The van der Waals surface area contributed by atoms with Crippen LogP contribution in [0.3, 0.4) is 0 Å². The number of benzene rings is 1. The highest BCUT2D eigenvalue weighted by atomic mass is 32.2. The quantitative estimate of drug-likeness (QED) is 0.281. The standard InChI is InChI=1S/C10H10FN5O3S/c11-8-3-6(10(12)15-17)1-2-9(8)16-20(18,19)7-4-13-14-5-7/h1-5,16-17H,(H2,12,15)(H,13,14). The first kappa shape index (κ1) is 13.8. The fraction of sp³-hybridized carbons (Fsp3) is 0. The van der Waals surface area contributed by atoms with Gasteiger partial charge in [-0.25, -0.2) is 12.8 Å². The fourth-order valence-electron chi connectivity index (χ4n) is 1.40. The van der Waals surface area contributed by atoms with Crippen molar-refractivity contribution >= 4 is 21.5 Å². The van der Waals surface area contributed by atoms with E-state index >= 15 is 0 Å². The highest BCUT2D eigenvalue weighted by Gasteiger charge is 2.17. The normalized spacial score (nSPS) is 12.3. The molecule has 0 amide bonds. The Balaban J connectivity index is 2.32. The highest BCUT2D eigenvalue weighted by Crippen LogP contribution is 2.19. The second kappa shape index (κ2) is 5.17. The number of oxime groups is 1. The molecule has 1 aromatic carbocycles. The number of hydrogen-bond acceptors (Lipinski definition) is 5. The third-order valence-corrected chi connectivity index (χ3v) is 3.73. The van der Waals surface area contributed by atoms with Gasteiger partial charge in [0.05, 0.1) is 11.9 Å². The first-order valence-corrected chi connectivity index (χ1v) is 6.71. The summed E-state index contributed by atoms with van der Waals surface area (Å²) in [5, 5.41) is 17.0. The summed E-state index contributed by atoms with van der Waals surface area (Å²) in [6.07, 6.45) is 2.25. The Morgan fingerprint density at radius 2 is 2.25 bits per heavy atom. The predicted molar refractivity (Wildman–Crippen MR) is 68.3 cm³/mol. The van der Waals surface area contributed by atoms with Crippen molar-refractivity contribution in [1.82, 2.24) is 10.2 Å². The smallest absolute Gasteiger partial charge is 0.265 e. The maximum Gasteiger partial charge on any atom is 0.265 e. The Morgan fingerprint density at radius 3 is 2.80 bits per heavy atom. The van der Waals surface area contributed by atoms with Crippen LogP contribution in [0.4, 0.5) is 10.1 Å². The van der Waals surface area contributed by atoms with Gasteiger partial charge >= 0.3 is 0 Å². The molecule has 8 nitrogen and oxygen atoms in total. The minimum absolute atomic E-state index is 0.122. The van der Waals surface area contributed by atoms with Gasteiger partial charge in [-0.1, -0.05) is 5.16 Å². The van der Waals surface area contributed by atoms with Gasteiger partial charge in [0.15, 0.2) is 5.84 Å². The van der Waals surface area contributed by atoms with Crippen LogP contribution in [0, 0.1) is 5.82 Å². The first-order valence-electron chi connectivity index (χ1n) is 5.23. The van der Waals surface area contributed by atoms with Crippen molar-refractivity contribution in [2.75, 3.05) is 4.72 Å². The van der Waals surface area contributed by atoms with Crippen LogP contribution in [0.15, 0.2) is 40.6 Å². The molecule has 106 valence electrons. The van der Waals surface area contributed by atoms with Crippen LogP contribution < -0.4 is 10.5 Å². The average Bonchev–Trinajstić information content (AvgIpc) is 2.95. The van der Waals surface area contributed by atoms with Crippen molar-refractivity contribution in [1.29, 1.82) is 0 Å². The van der Waals surface area contributed by atoms with Gasteiger partial charge in [-0.2, -0.15) is 5.10 Å². The molecule has 0 bridgehead atoms. The fourth-order valence-corrected chi connectivity index (χ4v) is 2.38. The summed E-state index contributed by atoms with van der Waals surface area (Å²) in [5.74, 6) is -1.14. The minimum atomic E-state index is -3.93. The lowest BCUT2D eigenvalue weighted by Gasteiger charge is -2.08. The molecule has 0 aliphatic rings. The van der Waals surface area contributed by atoms with Crippen LogP contribution in [0.1, 0.15) is 5.56 Å². The number of nitrogens with one attached hydrogen (secondary N) is 2. The number of aromatic amines is 1. The zero-order valence-corrected chi connectivity index (χ0v) is 10.7. The Morgan fingerprint density at radius 1 is 1.50 bits per heavy atom. The van der Waals surface area contributed by atoms with Crippen molar-refractivity contribution in [3.8, 4) is 0 Å². The average molecular weight is 299 g/mol. The predicted octanol–water partition coefficient (Wildman–Crippen LogP) is 0.444. The molecule has 0 radical (unpaired) electrons. The number of anilines is 1. The summed E-state index contributed by atoms with van der Waals surface area (Å²) in [4.78, 5) is -0.127. The second-order valence-electron chi connectivity index (χ2n) is 3.72. The number of nitrogens with two attached hydrogens (primary N) is 1. The summed E-state index contributed by atoms with van der Waals surface area (Å²) < 4.78 is 39.6. The molecule has 1 heterocycles. The van der Waals surface area contributed by atoms with E-state index in [9.17, 15) is 12.8 Å². The lowest BCUT2D eigenvalue weighted by Crippen LogP contribution is -2.16. The summed E-state index contributed by atoms with van der Waals surface area (Å²) in [6.45, 7) is 0. The molecule has 0 saturated heterocycles. The van der Waals surface area contributed by atoms with Crippen LogP contribution in [0.25, 0.3) is 0 Å². The van der Waals surface area contributed by atoms with Crippen LogP contribution in [0.2, 0.25) is 0 Å². The maximum absolute atomic E-state index is 13.8. The van der Waals surface area contributed by atoms with Gasteiger partial charge in [0.25, 0.3) is 10.0 Å². The first-order chi connectivity index (χ1) is 9.44. The van der Waals surface area contributed by atoms with Gasteiger partial charge in [-0.3, -0.25) is 9.82 Å². The van der Waals surface area contributed by atoms with E-state index in [1.54, 1.807) is 0 Å². The van der Waals surface area contributed by atoms with Gasteiger partial charge < -0.3 is 10.9 Å². The van der Waals surface area contributed by atoms with Crippen LogP contribution >= 0.6 is 0 Å².